The number of methoxy groups -OCH3 is 1. The summed E-state index contributed by atoms with van der Waals surface area (Å²) >= 11 is 0. The molecule has 0 spiro atoms. The Morgan fingerprint density at radius 2 is 1.96 bits per heavy atom. The monoisotopic (exact) mass is 321 g/mol. The molecule has 1 aliphatic rings. The number of hydrogen-bond donors (Lipinski definition) is 2. The van der Waals surface area contributed by atoms with Crippen molar-refractivity contribution in [3.05, 3.63) is 23.8 Å². The Balaban J connectivity index is 1.91. The summed E-state index contributed by atoms with van der Waals surface area (Å²) in [4.78, 5) is 0. The van der Waals surface area contributed by atoms with Gasteiger partial charge in [-0.05, 0) is 36.5 Å². The maximum atomic E-state index is 10.2. The maximum Gasteiger partial charge on any atom is 0.123 e. The zero-order chi connectivity index (χ0) is 16.9. The van der Waals surface area contributed by atoms with Crippen LogP contribution < -0.4 is 14.8 Å². The number of aliphatic hydroxyl groups is 1. The van der Waals surface area contributed by atoms with Gasteiger partial charge in [0, 0.05) is 18.2 Å². The number of rotatable bonds is 7. The van der Waals surface area contributed by atoms with E-state index in [-0.39, 0.29) is 5.41 Å². The first-order valence-electron chi connectivity index (χ1n) is 8.63. The summed E-state index contributed by atoms with van der Waals surface area (Å²) in [6.45, 7) is 7.33. The molecule has 0 unspecified atom stereocenters. The van der Waals surface area contributed by atoms with Crippen molar-refractivity contribution in [2.24, 2.45) is 0 Å². The molecule has 4 nitrogen and oxygen atoms in total. The number of ether oxygens (including phenoxy) is 2. The third-order valence-corrected chi connectivity index (χ3v) is 4.42. The lowest BCUT2D eigenvalue weighted by molar-refractivity contribution is 0.102. The van der Waals surface area contributed by atoms with Crippen molar-refractivity contribution in [2.45, 2.75) is 64.0 Å². The maximum absolute atomic E-state index is 10.2. The molecule has 2 rings (SSSR count). The Morgan fingerprint density at radius 1 is 1.26 bits per heavy atom. The SMILES string of the molecule is COc1ccc(OC[C@H](O)CNC2CCCC2)c(C(C)(C)C)c1. The molecule has 0 heterocycles. The molecule has 1 atom stereocenters. The minimum absolute atomic E-state index is 0.0447. The van der Waals surface area contributed by atoms with E-state index in [0.717, 1.165) is 17.1 Å². The first-order valence-corrected chi connectivity index (χ1v) is 8.63. The van der Waals surface area contributed by atoms with Gasteiger partial charge in [0.1, 0.15) is 24.2 Å². The van der Waals surface area contributed by atoms with Gasteiger partial charge in [-0.2, -0.15) is 0 Å². The van der Waals surface area contributed by atoms with Gasteiger partial charge in [0.25, 0.3) is 0 Å². The van der Waals surface area contributed by atoms with Crippen molar-refractivity contribution in [1.82, 2.24) is 5.32 Å². The second kappa shape index (κ2) is 8.02. The average molecular weight is 321 g/mol. The summed E-state index contributed by atoms with van der Waals surface area (Å²) in [5.74, 6) is 1.64. The van der Waals surface area contributed by atoms with Crippen LogP contribution in [0.3, 0.4) is 0 Å². The number of aliphatic hydroxyl groups excluding tert-OH is 1. The van der Waals surface area contributed by atoms with E-state index in [4.69, 9.17) is 9.47 Å². The van der Waals surface area contributed by atoms with E-state index in [2.05, 4.69) is 26.1 Å². The Morgan fingerprint density at radius 3 is 2.57 bits per heavy atom. The van der Waals surface area contributed by atoms with Crippen molar-refractivity contribution in [3.63, 3.8) is 0 Å². The van der Waals surface area contributed by atoms with Gasteiger partial charge in [0.05, 0.1) is 7.11 Å². The Bertz CT molecular complexity index is 490. The zero-order valence-electron chi connectivity index (χ0n) is 14.9. The third kappa shape index (κ3) is 5.40. The molecule has 1 aromatic rings. The summed E-state index contributed by atoms with van der Waals surface area (Å²) < 4.78 is 11.2. The van der Waals surface area contributed by atoms with Gasteiger partial charge in [-0.1, -0.05) is 33.6 Å². The molecule has 2 N–H and O–H groups in total. The summed E-state index contributed by atoms with van der Waals surface area (Å²) in [5.41, 5.74) is 1.05. The smallest absolute Gasteiger partial charge is 0.123 e. The van der Waals surface area contributed by atoms with Crippen LogP contribution in [-0.2, 0) is 5.41 Å². The minimum Gasteiger partial charge on any atom is -0.497 e. The predicted molar refractivity (Wildman–Crippen MR) is 93.5 cm³/mol. The molecule has 0 bridgehead atoms. The van der Waals surface area contributed by atoms with E-state index >= 15 is 0 Å². The molecule has 1 saturated carbocycles. The number of hydrogen-bond acceptors (Lipinski definition) is 4. The topological polar surface area (TPSA) is 50.7 Å². The van der Waals surface area contributed by atoms with Crippen molar-refractivity contribution in [1.29, 1.82) is 0 Å². The van der Waals surface area contributed by atoms with E-state index in [0.29, 0.717) is 19.2 Å². The average Bonchev–Trinajstić information content (AvgIpc) is 3.03. The standard InChI is InChI=1S/C19H31NO3/c1-19(2,3)17-11-16(22-4)9-10-18(17)23-13-15(21)12-20-14-7-5-6-8-14/h9-11,14-15,20-21H,5-8,12-13H2,1-4H3/t15-/m1/s1. The predicted octanol–water partition coefficient (Wildman–Crippen LogP) is 3.26. The van der Waals surface area contributed by atoms with E-state index in [1.54, 1.807) is 7.11 Å². The fourth-order valence-corrected chi connectivity index (χ4v) is 3.03. The molecule has 23 heavy (non-hydrogen) atoms. The Hall–Kier alpha value is -1.26. The van der Waals surface area contributed by atoms with Crippen molar-refractivity contribution >= 4 is 0 Å². The molecule has 1 aromatic carbocycles. The quantitative estimate of drug-likeness (QED) is 0.809. The fourth-order valence-electron chi connectivity index (χ4n) is 3.03. The van der Waals surface area contributed by atoms with Crippen LogP contribution in [0.15, 0.2) is 18.2 Å². The van der Waals surface area contributed by atoms with Crippen LogP contribution in [0.4, 0.5) is 0 Å². The van der Waals surface area contributed by atoms with Crippen LogP contribution in [0.25, 0.3) is 0 Å². The lowest BCUT2D eigenvalue weighted by atomic mass is 9.86. The highest BCUT2D eigenvalue weighted by Gasteiger charge is 2.21. The van der Waals surface area contributed by atoms with E-state index < -0.39 is 6.10 Å². The molecule has 1 aliphatic carbocycles. The molecule has 4 heteroatoms. The molecular formula is C19H31NO3. The van der Waals surface area contributed by atoms with Gasteiger partial charge in [-0.25, -0.2) is 0 Å². The highest BCUT2D eigenvalue weighted by Crippen LogP contribution is 2.34. The Labute approximate surface area is 140 Å². The summed E-state index contributed by atoms with van der Waals surface area (Å²) in [7, 11) is 1.67. The molecule has 1 fully saturated rings. The highest BCUT2D eigenvalue weighted by molar-refractivity contribution is 5.44. The van der Waals surface area contributed by atoms with Crippen LogP contribution in [-0.4, -0.2) is 37.5 Å². The molecule has 130 valence electrons. The molecule has 0 aromatic heterocycles. The van der Waals surface area contributed by atoms with Gasteiger partial charge in [0.2, 0.25) is 0 Å². The van der Waals surface area contributed by atoms with Gasteiger partial charge in [-0.15, -0.1) is 0 Å². The second-order valence-electron chi connectivity index (χ2n) is 7.47. The van der Waals surface area contributed by atoms with Gasteiger partial charge in [-0.3, -0.25) is 0 Å². The van der Waals surface area contributed by atoms with E-state index in [1.165, 1.54) is 25.7 Å². The second-order valence-corrected chi connectivity index (χ2v) is 7.47. The van der Waals surface area contributed by atoms with Crippen molar-refractivity contribution < 1.29 is 14.6 Å². The Kier molecular flexibility index (Phi) is 6.31. The van der Waals surface area contributed by atoms with Crippen LogP contribution in [0.5, 0.6) is 11.5 Å². The van der Waals surface area contributed by atoms with Gasteiger partial charge >= 0.3 is 0 Å². The normalized spacial score (nSPS) is 17.3. The fraction of sp³-hybridized carbons (Fsp3) is 0.684. The molecule has 0 amide bonds. The first-order chi connectivity index (χ1) is 10.9. The van der Waals surface area contributed by atoms with E-state index in [9.17, 15) is 5.11 Å². The zero-order valence-corrected chi connectivity index (χ0v) is 14.9. The van der Waals surface area contributed by atoms with Crippen molar-refractivity contribution in [2.75, 3.05) is 20.3 Å². The molecular weight excluding hydrogens is 290 g/mol. The van der Waals surface area contributed by atoms with Crippen molar-refractivity contribution in [3.8, 4) is 11.5 Å². The molecule has 0 radical (unpaired) electrons. The largest absolute Gasteiger partial charge is 0.497 e. The molecule has 0 saturated heterocycles. The van der Waals surface area contributed by atoms with Crippen LogP contribution in [0.1, 0.15) is 52.0 Å². The van der Waals surface area contributed by atoms with E-state index in [1.807, 2.05) is 18.2 Å². The first kappa shape index (κ1) is 18.1. The summed E-state index contributed by atoms with van der Waals surface area (Å²) in [6.07, 6.45) is 4.54. The van der Waals surface area contributed by atoms with Crippen LogP contribution in [0, 0.1) is 0 Å². The summed E-state index contributed by atoms with van der Waals surface area (Å²) in [6, 6.07) is 6.40. The third-order valence-electron chi connectivity index (χ3n) is 4.42. The number of benzene rings is 1. The van der Waals surface area contributed by atoms with Gasteiger partial charge < -0.3 is 19.9 Å². The lowest BCUT2D eigenvalue weighted by Gasteiger charge is -2.24. The lowest BCUT2D eigenvalue weighted by Crippen LogP contribution is -2.36. The van der Waals surface area contributed by atoms with Crippen LogP contribution >= 0.6 is 0 Å². The highest BCUT2D eigenvalue weighted by atomic mass is 16.5. The number of nitrogens with one attached hydrogen (secondary N) is 1. The van der Waals surface area contributed by atoms with Crippen LogP contribution in [0.2, 0.25) is 0 Å². The van der Waals surface area contributed by atoms with Gasteiger partial charge in [0.15, 0.2) is 0 Å². The summed E-state index contributed by atoms with van der Waals surface area (Å²) in [5, 5.41) is 13.6. The minimum atomic E-state index is -0.495. The molecule has 0 aliphatic heterocycles.